The molecule has 0 N–H and O–H groups in total. The van der Waals surface area contributed by atoms with Gasteiger partial charge in [-0.15, -0.1) is 0 Å². The predicted molar refractivity (Wildman–Crippen MR) is 50.4 cm³/mol. The number of nitrogens with zero attached hydrogens (tertiary/aromatic N) is 2. The second kappa shape index (κ2) is 3.83. The molecule has 14 heavy (non-hydrogen) atoms. The van der Waals surface area contributed by atoms with Crippen molar-refractivity contribution >= 4 is 17.4 Å². The Morgan fingerprint density at radius 3 is 3.14 bits per heavy atom. The second-order valence-electron chi connectivity index (χ2n) is 2.83. The Kier molecular flexibility index (Phi) is 2.36. The molecular formula is C10H8N2O2. The fraction of sp³-hybridized carbons (Fsp3) is 0.100. The van der Waals surface area contributed by atoms with Crippen LogP contribution in [0.4, 0.5) is 0 Å². The Labute approximate surface area is 80.5 Å². The van der Waals surface area contributed by atoms with Gasteiger partial charge in [0.05, 0.1) is 11.7 Å². The Morgan fingerprint density at radius 2 is 2.29 bits per heavy atom. The minimum absolute atomic E-state index is 0.274. The monoisotopic (exact) mass is 188 g/mol. The van der Waals surface area contributed by atoms with Crippen LogP contribution in [-0.2, 0) is 16.1 Å². The van der Waals surface area contributed by atoms with E-state index < -0.39 is 0 Å². The Morgan fingerprint density at radius 1 is 1.36 bits per heavy atom. The molecule has 1 aromatic carbocycles. The number of aromatic nitrogens is 2. The summed E-state index contributed by atoms with van der Waals surface area (Å²) < 4.78 is 4.64. The first kappa shape index (κ1) is 8.62. The van der Waals surface area contributed by atoms with Crippen molar-refractivity contribution in [2.75, 3.05) is 0 Å². The molecule has 0 aliphatic rings. The maximum Gasteiger partial charge on any atom is 0.293 e. The second-order valence-corrected chi connectivity index (χ2v) is 2.83. The number of carbonyl (C=O) groups is 1. The fourth-order valence-electron chi connectivity index (χ4n) is 1.25. The number of hydrogen-bond donors (Lipinski definition) is 0. The molecule has 0 fully saturated rings. The van der Waals surface area contributed by atoms with E-state index in [0.717, 1.165) is 16.5 Å². The largest absolute Gasteiger partial charge is 0.463 e. The van der Waals surface area contributed by atoms with Crippen LogP contribution < -0.4 is 0 Å². The zero-order valence-electron chi connectivity index (χ0n) is 7.38. The maximum absolute atomic E-state index is 9.99. The predicted octanol–water partition coefficient (Wildman–Crippen LogP) is 1.30. The van der Waals surface area contributed by atoms with Crippen LogP contribution in [0.3, 0.4) is 0 Å². The molecule has 70 valence electrons. The van der Waals surface area contributed by atoms with E-state index in [1.54, 1.807) is 6.20 Å². The van der Waals surface area contributed by atoms with Crippen molar-refractivity contribution in [1.29, 1.82) is 0 Å². The Hall–Kier alpha value is -1.97. The van der Waals surface area contributed by atoms with Gasteiger partial charge >= 0.3 is 0 Å². The van der Waals surface area contributed by atoms with Crippen LogP contribution in [0.1, 0.15) is 5.56 Å². The maximum atomic E-state index is 9.99. The van der Waals surface area contributed by atoms with Gasteiger partial charge in [0.25, 0.3) is 6.47 Å². The van der Waals surface area contributed by atoms with Crippen molar-refractivity contribution in [2.24, 2.45) is 0 Å². The highest BCUT2D eigenvalue weighted by atomic mass is 16.5. The third kappa shape index (κ3) is 1.69. The van der Waals surface area contributed by atoms with Crippen LogP contribution in [0.2, 0.25) is 0 Å². The average Bonchev–Trinajstić information content (AvgIpc) is 2.26. The molecule has 0 amide bonds. The van der Waals surface area contributed by atoms with Crippen molar-refractivity contribution in [3.8, 4) is 0 Å². The molecule has 0 saturated carbocycles. The number of rotatable bonds is 3. The van der Waals surface area contributed by atoms with Crippen LogP contribution in [-0.4, -0.2) is 16.7 Å². The van der Waals surface area contributed by atoms with E-state index in [4.69, 9.17) is 0 Å². The number of hydrogen-bond acceptors (Lipinski definition) is 4. The van der Waals surface area contributed by atoms with Crippen LogP contribution in [0, 0.1) is 0 Å². The van der Waals surface area contributed by atoms with Crippen molar-refractivity contribution in [3.63, 3.8) is 0 Å². The molecule has 2 aromatic rings. The van der Waals surface area contributed by atoms with Gasteiger partial charge in [-0.05, 0) is 17.7 Å². The summed E-state index contributed by atoms with van der Waals surface area (Å²) >= 11 is 0. The van der Waals surface area contributed by atoms with E-state index in [0.29, 0.717) is 6.47 Å². The zero-order chi connectivity index (χ0) is 9.80. The molecule has 0 aliphatic heterocycles. The molecule has 1 heterocycles. The highest BCUT2D eigenvalue weighted by Gasteiger charge is 1.97. The topological polar surface area (TPSA) is 52.1 Å². The van der Waals surface area contributed by atoms with E-state index in [1.807, 2.05) is 24.3 Å². The first-order valence-electron chi connectivity index (χ1n) is 4.16. The van der Waals surface area contributed by atoms with Gasteiger partial charge in [-0.3, -0.25) is 4.79 Å². The summed E-state index contributed by atoms with van der Waals surface area (Å²) in [5.41, 5.74) is 1.71. The average molecular weight is 188 g/mol. The van der Waals surface area contributed by atoms with Gasteiger partial charge in [0.1, 0.15) is 6.61 Å². The molecule has 1 aromatic heterocycles. The molecule has 2 rings (SSSR count). The minimum Gasteiger partial charge on any atom is -0.463 e. The van der Waals surface area contributed by atoms with E-state index in [9.17, 15) is 4.79 Å². The molecule has 0 spiro atoms. The Balaban J connectivity index is 2.36. The van der Waals surface area contributed by atoms with Gasteiger partial charge in [0.15, 0.2) is 0 Å². The Bertz CT molecular complexity index is 457. The standard InChI is InChI=1S/C10H8N2O2/c13-7-14-6-8-1-2-9-3-4-11-12-10(9)5-8/h1-5,7H,6H2. The molecule has 0 aliphatic carbocycles. The van der Waals surface area contributed by atoms with Gasteiger partial charge in [-0.25, -0.2) is 0 Å². The molecule has 4 heteroatoms. The lowest BCUT2D eigenvalue weighted by molar-refractivity contribution is -0.129. The zero-order valence-corrected chi connectivity index (χ0v) is 7.38. The molecule has 0 radical (unpaired) electrons. The molecular weight excluding hydrogens is 180 g/mol. The smallest absolute Gasteiger partial charge is 0.293 e. The summed E-state index contributed by atoms with van der Waals surface area (Å²) in [6.45, 7) is 0.705. The molecule has 0 unspecified atom stereocenters. The first-order chi connectivity index (χ1) is 6.90. The summed E-state index contributed by atoms with van der Waals surface area (Å²) in [5, 5.41) is 8.75. The summed E-state index contributed by atoms with van der Waals surface area (Å²) in [5.74, 6) is 0. The van der Waals surface area contributed by atoms with Crippen LogP contribution in [0.15, 0.2) is 30.5 Å². The molecule has 4 nitrogen and oxygen atoms in total. The van der Waals surface area contributed by atoms with Crippen molar-refractivity contribution in [1.82, 2.24) is 10.2 Å². The highest BCUT2D eigenvalue weighted by molar-refractivity contribution is 5.78. The normalized spacial score (nSPS) is 10.0. The van der Waals surface area contributed by atoms with Gasteiger partial charge in [-0.2, -0.15) is 10.2 Å². The molecule has 0 saturated heterocycles. The quantitative estimate of drug-likeness (QED) is 0.681. The van der Waals surface area contributed by atoms with E-state index >= 15 is 0 Å². The van der Waals surface area contributed by atoms with Crippen LogP contribution in [0.25, 0.3) is 10.9 Å². The van der Waals surface area contributed by atoms with Crippen molar-refractivity contribution in [3.05, 3.63) is 36.0 Å². The lowest BCUT2D eigenvalue weighted by Crippen LogP contribution is -1.91. The third-order valence-electron chi connectivity index (χ3n) is 1.90. The van der Waals surface area contributed by atoms with E-state index in [1.165, 1.54) is 0 Å². The van der Waals surface area contributed by atoms with Crippen molar-refractivity contribution in [2.45, 2.75) is 6.61 Å². The number of carbonyl (C=O) groups excluding carboxylic acids is 1. The van der Waals surface area contributed by atoms with Gasteiger partial charge in [0, 0.05) is 5.39 Å². The van der Waals surface area contributed by atoms with Gasteiger partial charge in [0.2, 0.25) is 0 Å². The lowest BCUT2D eigenvalue weighted by Gasteiger charge is -2.00. The van der Waals surface area contributed by atoms with E-state index in [-0.39, 0.29) is 6.61 Å². The number of benzene rings is 1. The van der Waals surface area contributed by atoms with Crippen LogP contribution in [0.5, 0.6) is 0 Å². The molecule has 0 bridgehead atoms. The summed E-state index contributed by atoms with van der Waals surface area (Å²) in [6.07, 6.45) is 1.64. The summed E-state index contributed by atoms with van der Waals surface area (Å²) in [6, 6.07) is 7.56. The SMILES string of the molecule is O=COCc1ccc2ccnnc2c1. The highest BCUT2D eigenvalue weighted by Crippen LogP contribution is 2.12. The van der Waals surface area contributed by atoms with Gasteiger partial charge < -0.3 is 4.74 Å². The number of ether oxygens (including phenoxy) is 1. The van der Waals surface area contributed by atoms with Crippen LogP contribution >= 0.6 is 0 Å². The van der Waals surface area contributed by atoms with E-state index in [2.05, 4.69) is 14.9 Å². The summed E-state index contributed by atoms with van der Waals surface area (Å²) in [7, 11) is 0. The van der Waals surface area contributed by atoms with Crippen molar-refractivity contribution < 1.29 is 9.53 Å². The fourth-order valence-corrected chi connectivity index (χ4v) is 1.25. The summed E-state index contributed by atoms with van der Waals surface area (Å²) in [4.78, 5) is 9.99. The number of fused-ring (bicyclic) bond motifs is 1. The first-order valence-corrected chi connectivity index (χ1v) is 4.16. The molecule has 0 atom stereocenters. The third-order valence-corrected chi connectivity index (χ3v) is 1.90. The lowest BCUT2D eigenvalue weighted by atomic mass is 10.1. The minimum atomic E-state index is 0.274. The van der Waals surface area contributed by atoms with Gasteiger partial charge in [-0.1, -0.05) is 12.1 Å².